The Bertz CT molecular complexity index is 770. The molecule has 0 fully saturated rings. The van der Waals surface area contributed by atoms with Crippen molar-refractivity contribution in [2.75, 3.05) is 17.7 Å². The van der Waals surface area contributed by atoms with Gasteiger partial charge < -0.3 is 10.6 Å². The smallest absolute Gasteiger partial charge is 0.275 e. The number of thiazole rings is 1. The number of fused-ring (bicyclic) bond motifs is 1. The lowest BCUT2D eigenvalue weighted by atomic mass is 10.3. The highest BCUT2D eigenvalue weighted by atomic mass is 32.1. The first-order valence-electron chi connectivity index (χ1n) is 5.90. The molecule has 0 bridgehead atoms. The summed E-state index contributed by atoms with van der Waals surface area (Å²) in [5, 5.41) is 5.65. The lowest BCUT2D eigenvalue weighted by Gasteiger charge is -2.05. The third-order valence-corrected chi connectivity index (χ3v) is 3.50. The average molecular weight is 285 g/mol. The lowest BCUT2D eigenvalue weighted by Crippen LogP contribution is -2.14. The topological polar surface area (TPSA) is 79.8 Å². The van der Waals surface area contributed by atoms with E-state index >= 15 is 0 Å². The molecular weight excluding hydrogens is 274 g/mol. The van der Waals surface area contributed by atoms with E-state index in [1.165, 1.54) is 17.5 Å². The number of nitrogens with one attached hydrogen (secondary N) is 2. The molecule has 0 spiro atoms. The normalized spacial score (nSPS) is 10.4. The van der Waals surface area contributed by atoms with Gasteiger partial charge in [-0.25, -0.2) is 9.97 Å². The van der Waals surface area contributed by atoms with Gasteiger partial charge in [-0.3, -0.25) is 9.78 Å². The summed E-state index contributed by atoms with van der Waals surface area (Å²) in [5.41, 5.74) is 3.67. The Morgan fingerprint density at radius 2 is 2.20 bits per heavy atom. The number of rotatable bonds is 3. The van der Waals surface area contributed by atoms with Crippen molar-refractivity contribution in [2.24, 2.45) is 0 Å². The number of aromatic nitrogens is 3. The third kappa shape index (κ3) is 2.43. The summed E-state index contributed by atoms with van der Waals surface area (Å²) >= 11 is 1.53. The molecule has 6 nitrogen and oxygen atoms in total. The molecule has 20 heavy (non-hydrogen) atoms. The molecule has 0 atom stereocenters. The summed E-state index contributed by atoms with van der Waals surface area (Å²) in [6.07, 6.45) is 2.99. The van der Waals surface area contributed by atoms with Gasteiger partial charge in [0.1, 0.15) is 11.5 Å². The zero-order chi connectivity index (χ0) is 13.9. The number of benzene rings is 1. The Morgan fingerprint density at radius 1 is 1.30 bits per heavy atom. The minimum atomic E-state index is -0.293. The SMILES string of the molecule is CNc1cncc(C(=O)Nc2ccc3ncsc3c2)n1. The Labute approximate surface area is 118 Å². The molecule has 3 aromatic rings. The van der Waals surface area contributed by atoms with Gasteiger partial charge in [0.2, 0.25) is 0 Å². The van der Waals surface area contributed by atoms with Gasteiger partial charge in [0.15, 0.2) is 0 Å². The van der Waals surface area contributed by atoms with E-state index in [2.05, 4.69) is 25.6 Å². The van der Waals surface area contributed by atoms with E-state index in [-0.39, 0.29) is 11.6 Å². The van der Waals surface area contributed by atoms with Crippen molar-refractivity contribution in [2.45, 2.75) is 0 Å². The Kier molecular flexibility index (Phi) is 3.26. The number of nitrogens with zero attached hydrogens (tertiary/aromatic N) is 3. The largest absolute Gasteiger partial charge is 0.372 e. The van der Waals surface area contributed by atoms with Gasteiger partial charge in [-0.05, 0) is 18.2 Å². The van der Waals surface area contributed by atoms with Gasteiger partial charge in [-0.1, -0.05) is 0 Å². The van der Waals surface area contributed by atoms with Crippen LogP contribution in [-0.2, 0) is 0 Å². The summed E-state index contributed by atoms with van der Waals surface area (Å²) in [6, 6.07) is 5.58. The molecule has 0 saturated carbocycles. The van der Waals surface area contributed by atoms with Gasteiger partial charge >= 0.3 is 0 Å². The fourth-order valence-corrected chi connectivity index (χ4v) is 2.44. The van der Waals surface area contributed by atoms with Gasteiger partial charge in [0.25, 0.3) is 5.91 Å². The zero-order valence-corrected chi connectivity index (χ0v) is 11.4. The van der Waals surface area contributed by atoms with Gasteiger partial charge in [-0.2, -0.15) is 0 Å². The Morgan fingerprint density at radius 3 is 3.05 bits per heavy atom. The van der Waals surface area contributed by atoms with Crippen LogP contribution in [0.1, 0.15) is 10.5 Å². The lowest BCUT2D eigenvalue weighted by molar-refractivity contribution is 0.102. The van der Waals surface area contributed by atoms with E-state index in [0.717, 1.165) is 10.2 Å². The number of amides is 1. The number of hydrogen-bond acceptors (Lipinski definition) is 6. The van der Waals surface area contributed by atoms with Crippen molar-refractivity contribution in [1.82, 2.24) is 15.0 Å². The molecule has 7 heteroatoms. The Hall–Kier alpha value is -2.54. The van der Waals surface area contributed by atoms with Crippen LogP contribution < -0.4 is 10.6 Å². The quantitative estimate of drug-likeness (QED) is 0.772. The summed E-state index contributed by atoms with van der Waals surface area (Å²) in [5.74, 6) is 0.258. The van der Waals surface area contributed by atoms with Gasteiger partial charge in [-0.15, -0.1) is 11.3 Å². The molecule has 0 aliphatic carbocycles. The second-order valence-corrected chi connectivity index (χ2v) is 4.91. The first kappa shape index (κ1) is 12.5. The van der Waals surface area contributed by atoms with E-state index in [0.29, 0.717) is 11.5 Å². The average Bonchev–Trinajstić information content (AvgIpc) is 2.95. The van der Waals surface area contributed by atoms with Gasteiger partial charge in [0.05, 0.1) is 28.1 Å². The molecule has 3 rings (SSSR count). The van der Waals surface area contributed by atoms with E-state index in [1.54, 1.807) is 18.8 Å². The van der Waals surface area contributed by atoms with Crippen LogP contribution in [0, 0.1) is 0 Å². The molecule has 0 aliphatic rings. The molecule has 2 N–H and O–H groups in total. The van der Waals surface area contributed by atoms with Crippen molar-refractivity contribution in [1.29, 1.82) is 0 Å². The predicted octanol–water partition coefficient (Wildman–Crippen LogP) is 2.38. The second kappa shape index (κ2) is 5.22. The molecule has 0 unspecified atom stereocenters. The van der Waals surface area contributed by atoms with E-state index < -0.39 is 0 Å². The van der Waals surface area contributed by atoms with Crippen LogP contribution in [0.4, 0.5) is 11.5 Å². The monoisotopic (exact) mass is 285 g/mol. The van der Waals surface area contributed by atoms with Crippen LogP contribution in [-0.4, -0.2) is 27.9 Å². The fourth-order valence-electron chi connectivity index (χ4n) is 1.72. The fraction of sp³-hybridized carbons (Fsp3) is 0.0769. The standard InChI is InChI=1S/C13H11N5OS/c1-14-12-6-15-5-10(18-12)13(19)17-8-2-3-9-11(4-8)20-7-16-9/h2-7H,1H3,(H,14,18)(H,17,19). The second-order valence-electron chi connectivity index (χ2n) is 4.03. The number of anilines is 2. The summed E-state index contributed by atoms with van der Waals surface area (Å²) in [7, 11) is 1.73. The van der Waals surface area contributed by atoms with Crippen LogP contribution in [0.15, 0.2) is 36.1 Å². The highest BCUT2D eigenvalue weighted by Crippen LogP contribution is 2.22. The maximum atomic E-state index is 12.1. The van der Waals surface area contributed by atoms with Gasteiger partial charge in [0, 0.05) is 12.7 Å². The van der Waals surface area contributed by atoms with Crippen LogP contribution in [0.25, 0.3) is 10.2 Å². The first-order chi connectivity index (χ1) is 9.76. The molecule has 2 aromatic heterocycles. The minimum absolute atomic E-state index is 0.265. The molecule has 0 radical (unpaired) electrons. The van der Waals surface area contributed by atoms with Crippen molar-refractivity contribution < 1.29 is 4.79 Å². The van der Waals surface area contributed by atoms with E-state index in [1.807, 2.05) is 18.2 Å². The predicted molar refractivity (Wildman–Crippen MR) is 79.2 cm³/mol. The maximum absolute atomic E-state index is 12.1. The number of carbonyl (C=O) groups is 1. The zero-order valence-electron chi connectivity index (χ0n) is 10.6. The highest BCUT2D eigenvalue weighted by molar-refractivity contribution is 7.16. The molecular formula is C13H11N5OS. The van der Waals surface area contributed by atoms with E-state index in [9.17, 15) is 4.79 Å². The molecule has 100 valence electrons. The Balaban J connectivity index is 1.83. The maximum Gasteiger partial charge on any atom is 0.275 e. The van der Waals surface area contributed by atoms with Crippen molar-refractivity contribution in [3.05, 3.63) is 41.8 Å². The summed E-state index contributed by atoms with van der Waals surface area (Å²) in [4.78, 5) is 24.4. The number of carbonyl (C=O) groups excluding carboxylic acids is 1. The van der Waals surface area contributed by atoms with Crippen LogP contribution in [0.2, 0.25) is 0 Å². The molecule has 1 aromatic carbocycles. The van der Waals surface area contributed by atoms with Crippen molar-refractivity contribution in [3.63, 3.8) is 0 Å². The van der Waals surface area contributed by atoms with Crippen LogP contribution >= 0.6 is 11.3 Å². The van der Waals surface area contributed by atoms with Crippen LogP contribution in [0.5, 0.6) is 0 Å². The van der Waals surface area contributed by atoms with Crippen LogP contribution in [0.3, 0.4) is 0 Å². The number of hydrogen-bond donors (Lipinski definition) is 2. The molecule has 1 amide bonds. The minimum Gasteiger partial charge on any atom is -0.372 e. The third-order valence-electron chi connectivity index (χ3n) is 2.71. The molecule has 0 saturated heterocycles. The van der Waals surface area contributed by atoms with Crippen molar-refractivity contribution >= 4 is 39.0 Å². The molecule has 0 aliphatic heterocycles. The summed E-state index contributed by atoms with van der Waals surface area (Å²) in [6.45, 7) is 0. The summed E-state index contributed by atoms with van der Waals surface area (Å²) < 4.78 is 1.03. The first-order valence-corrected chi connectivity index (χ1v) is 6.78. The highest BCUT2D eigenvalue weighted by Gasteiger charge is 2.09. The van der Waals surface area contributed by atoms with Crippen molar-refractivity contribution in [3.8, 4) is 0 Å². The van der Waals surface area contributed by atoms with E-state index in [4.69, 9.17) is 0 Å². The molecule has 2 heterocycles.